The largest absolute Gasteiger partial charge is 0.497 e. The van der Waals surface area contributed by atoms with E-state index in [0.717, 1.165) is 31.0 Å². The minimum Gasteiger partial charge on any atom is -0.497 e. The highest BCUT2D eigenvalue weighted by Gasteiger charge is 2.38. The lowest BCUT2D eigenvalue weighted by molar-refractivity contribution is -0.135. The number of carbonyl (C=O) groups excluding carboxylic acids is 1. The lowest BCUT2D eigenvalue weighted by Gasteiger charge is -2.32. The summed E-state index contributed by atoms with van der Waals surface area (Å²) in [5.41, 5.74) is 1.80. The summed E-state index contributed by atoms with van der Waals surface area (Å²) in [6.45, 7) is 3.27. The molecule has 0 spiro atoms. The number of benzene rings is 2. The molecule has 2 aromatic rings. The van der Waals surface area contributed by atoms with E-state index in [4.69, 9.17) is 16.3 Å². The van der Waals surface area contributed by atoms with Crippen molar-refractivity contribution in [3.63, 3.8) is 0 Å². The molecule has 0 radical (unpaired) electrons. The summed E-state index contributed by atoms with van der Waals surface area (Å²) in [7, 11) is 1.52. The van der Waals surface area contributed by atoms with Crippen LogP contribution in [0, 0.1) is 11.7 Å². The van der Waals surface area contributed by atoms with Gasteiger partial charge in [-0.05, 0) is 48.4 Å². The Morgan fingerprint density at radius 1 is 1.15 bits per heavy atom. The first-order valence-electron chi connectivity index (χ1n) is 11.3. The summed E-state index contributed by atoms with van der Waals surface area (Å²) in [6, 6.07) is 13.1. The topological polar surface area (TPSA) is 53.6 Å². The normalized spacial score (nSPS) is 23.2. The molecule has 2 aliphatic rings. The van der Waals surface area contributed by atoms with Crippen molar-refractivity contribution in [3.8, 4) is 5.75 Å². The lowest BCUT2D eigenvalue weighted by Crippen LogP contribution is -2.44. The van der Waals surface area contributed by atoms with Crippen molar-refractivity contribution in [1.82, 2.24) is 15.5 Å². The highest BCUT2D eigenvalue weighted by atomic mass is 35.5. The first kappa shape index (κ1) is 25.8. The fourth-order valence-corrected chi connectivity index (χ4v) is 4.83. The summed E-state index contributed by atoms with van der Waals surface area (Å²) in [6.07, 6.45) is 3.55. The van der Waals surface area contributed by atoms with Gasteiger partial charge in [-0.3, -0.25) is 4.79 Å². The van der Waals surface area contributed by atoms with Crippen LogP contribution in [-0.4, -0.2) is 56.9 Å². The average molecular weight is 494 g/mol. The van der Waals surface area contributed by atoms with Crippen molar-refractivity contribution in [3.05, 3.63) is 64.4 Å². The molecule has 33 heavy (non-hydrogen) atoms. The van der Waals surface area contributed by atoms with E-state index in [9.17, 15) is 9.18 Å². The predicted molar refractivity (Wildman–Crippen MR) is 135 cm³/mol. The van der Waals surface area contributed by atoms with Crippen molar-refractivity contribution >= 4 is 30.1 Å². The molecule has 2 saturated heterocycles. The zero-order valence-corrected chi connectivity index (χ0v) is 20.8. The second-order valence-corrected chi connectivity index (χ2v) is 8.72. The van der Waals surface area contributed by atoms with E-state index in [-0.39, 0.29) is 29.6 Å². The molecule has 8 heteroatoms. The maximum atomic E-state index is 14.7. The maximum Gasteiger partial charge on any atom is 0.227 e. The Balaban J connectivity index is 0.00000149. The first-order valence-corrected chi connectivity index (χ1v) is 12.6. The molecule has 4 rings (SSSR count). The Labute approximate surface area is 206 Å². The zero-order valence-electron chi connectivity index (χ0n) is 19.2. The van der Waals surface area contributed by atoms with Crippen LogP contribution in [0.1, 0.15) is 35.9 Å². The van der Waals surface area contributed by atoms with Gasteiger partial charge in [-0.25, -0.2) is 4.39 Å². The van der Waals surface area contributed by atoms with E-state index in [2.05, 4.69) is 35.4 Å². The number of nitrogens with zero attached hydrogens (tertiary/aromatic N) is 1. The molecule has 1 amide bonds. The molecule has 5 nitrogen and oxygen atoms in total. The van der Waals surface area contributed by atoms with Crippen LogP contribution in [0.25, 0.3) is 0 Å². The fourth-order valence-electron chi connectivity index (χ4n) is 4.71. The molecule has 0 saturated carbocycles. The molecular weight excluding hydrogens is 461 g/mol. The first-order chi connectivity index (χ1) is 16.1. The number of methoxy groups -OCH3 is 1. The third kappa shape index (κ3) is 6.41. The molecule has 2 N–H and O–H groups in total. The number of carbonyl (C=O) groups is 1. The van der Waals surface area contributed by atoms with Crippen LogP contribution in [0.5, 0.6) is 5.75 Å². The van der Waals surface area contributed by atoms with E-state index < -0.39 is 0 Å². The average Bonchev–Trinajstić information content (AvgIpc) is 3.30. The molecule has 2 fully saturated rings. The van der Waals surface area contributed by atoms with Gasteiger partial charge < -0.3 is 20.3 Å². The van der Waals surface area contributed by atoms with Crippen LogP contribution in [0.4, 0.5) is 4.39 Å². The third-order valence-electron chi connectivity index (χ3n) is 6.42. The minimum absolute atomic E-state index is 0.108. The van der Waals surface area contributed by atoms with Gasteiger partial charge in [0.05, 0.1) is 13.0 Å². The molecule has 2 heterocycles. The van der Waals surface area contributed by atoms with E-state index in [1.165, 1.54) is 18.7 Å². The quantitative estimate of drug-likeness (QED) is 0.556. The van der Waals surface area contributed by atoms with Gasteiger partial charge in [-0.15, -0.1) is 0 Å². The Kier molecular flexibility index (Phi) is 9.86. The number of ether oxygens (including phenoxy) is 1. The summed E-state index contributed by atoms with van der Waals surface area (Å²) in [5.74, 6) is -0.142. The van der Waals surface area contributed by atoms with Crippen LogP contribution in [0.2, 0.25) is 5.02 Å². The predicted octanol–water partition coefficient (Wildman–Crippen LogP) is 4.29. The van der Waals surface area contributed by atoms with Crippen molar-refractivity contribution in [2.75, 3.05) is 46.1 Å². The van der Waals surface area contributed by atoms with Gasteiger partial charge in [-0.2, -0.15) is 12.6 Å². The van der Waals surface area contributed by atoms with Gasteiger partial charge >= 0.3 is 0 Å². The van der Waals surface area contributed by atoms with Gasteiger partial charge in [0.1, 0.15) is 11.6 Å². The summed E-state index contributed by atoms with van der Waals surface area (Å²) in [4.78, 5) is 15.3. The number of hydrogen-bond donors (Lipinski definition) is 3. The monoisotopic (exact) mass is 493 g/mol. The van der Waals surface area contributed by atoms with Crippen molar-refractivity contribution in [2.45, 2.75) is 24.8 Å². The maximum absolute atomic E-state index is 14.7. The zero-order chi connectivity index (χ0) is 23.8. The molecule has 0 bridgehead atoms. The second-order valence-electron chi connectivity index (χ2n) is 8.28. The Morgan fingerprint density at radius 2 is 1.91 bits per heavy atom. The molecule has 2 aliphatic heterocycles. The van der Waals surface area contributed by atoms with Crippen molar-refractivity contribution in [1.29, 1.82) is 0 Å². The highest BCUT2D eigenvalue weighted by molar-refractivity contribution is 7.79. The number of hydrogen-bond acceptors (Lipinski definition) is 5. The number of rotatable bonds is 4. The number of thiol groups is 1. The van der Waals surface area contributed by atoms with Gasteiger partial charge in [0.2, 0.25) is 5.91 Å². The number of halogens is 2. The highest BCUT2D eigenvalue weighted by Crippen LogP contribution is 2.33. The Bertz CT molecular complexity index is 905. The fraction of sp³-hybridized carbons (Fsp3) is 0.480. The SMILES string of the molecule is COc1ccc([C@@H]2CNCC2C(=O)N2CCCC(c3ccc(Cl)cc3)NCC2)c(F)c1.CS. The number of amides is 1. The van der Waals surface area contributed by atoms with Crippen molar-refractivity contribution < 1.29 is 13.9 Å². The molecule has 3 atom stereocenters. The van der Waals surface area contributed by atoms with E-state index >= 15 is 0 Å². The molecule has 2 unspecified atom stereocenters. The Morgan fingerprint density at radius 3 is 2.61 bits per heavy atom. The summed E-state index contributed by atoms with van der Waals surface area (Å²) < 4.78 is 19.8. The van der Waals surface area contributed by atoms with Crippen LogP contribution in [0.15, 0.2) is 42.5 Å². The number of nitrogens with one attached hydrogen (secondary N) is 2. The van der Waals surface area contributed by atoms with E-state index in [1.54, 1.807) is 18.4 Å². The van der Waals surface area contributed by atoms with Gasteiger partial charge in [0.25, 0.3) is 0 Å². The molecule has 0 aliphatic carbocycles. The van der Waals surface area contributed by atoms with E-state index in [0.29, 0.717) is 30.9 Å². The Hall–Kier alpha value is -1.80. The molecular formula is C25H33ClFN3O2S. The molecule has 2 aromatic carbocycles. The van der Waals surface area contributed by atoms with Crippen LogP contribution in [0.3, 0.4) is 0 Å². The standard InChI is InChI=1S/C24H29ClFN3O2.CH4S/c1-31-18-8-9-19(22(26)13-18)20-14-27-15-21(20)24(30)29-11-2-3-23(28-10-12-29)16-4-6-17(25)7-5-16;1-2/h4-9,13,20-21,23,27-28H,2-3,10-12,14-15H2,1H3;2H,1H3/t20-,21?,23?;/m0./s1. The third-order valence-corrected chi connectivity index (χ3v) is 6.67. The van der Waals surface area contributed by atoms with E-state index in [1.807, 2.05) is 17.0 Å². The lowest BCUT2D eigenvalue weighted by atomic mass is 9.87. The minimum atomic E-state index is -0.314. The van der Waals surface area contributed by atoms with Gasteiger partial charge in [0, 0.05) is 55.8 Å². The van der Waals surface area contributed by atoms with Crippen LogP contribution >= 0.6 is 24.2 Å². The smallest absolute Gasteiger partial charge is 0.227 e. The molecule has 180 valence electrons. The van der Waals surface area contributed by atoms with Crippen molar-refractivity contribution in [2.24, 2.45) is 5.92 Å². The van der Waals surface area contributed by atoms with Crippen LogP contribution < -0.4 is 15.4 Å². The van der Waals surface area contributed by atoms with Crippen LogP contribution in [-0.2, 0) is 4.79 Å². The second kappa shape index (κ2) is 12.6. The van der Waals surface area contributed by atoms with Gasteiger partial charge in [-0.1, -0.05) is 29.8 Å². The molecule has 0 aromatic heterocycles. The van der Waals surface area contributed by atoms with Gasteiger partial charge in [0.15, 0.2) is 0 Å². The summed E-state index contributed by atoms with van der Waals surface area (Å²) in [5, 5.41) is 7.59. The summed E-state index contributed by atoms with van der Waals surface area (Å²) >= 11 is 9.53.